The summed E-state index contributed by atoms with van der Waals surface area (Å²) in [6.07, 6.45) is 2.43. The minimum absolute atomic E-state index is 0.321. The highest BCUT2D eigenvalue weighted by Gasteiger charge is 2.24. The van der Waals surface area contributed by atoms with E-state index in [1.54, 1.807) is 11.3 Å². The molecule has 1 aromatic rings. The van der Waals surface area contributed by atoms with Gasteiger partial charge in [0.15, 0.2) is 5.96 Å². The van der Waals surface area contributed by atoms with Crippen LogP contribution < -0.4 is 5.73 Å². The van der Waals surface area contributed by atoms with Crippen LogP contribution in [-0.4, -0.2) is 61.7 Å². The van der Waals surface area contributed by atoms with Crippen molar-refractivity contribution >= 4 is 17.3 Å². The lowest BCUT2D eigenvalue weighted by Gasteiger charge is -2.34. The molecule has 3 rings (SSSR count). The third-order valence-electron chi connectivity index (χ3n) is 4.89. The summed E-state index contributed by atoms with van der Waals surface area (Å²) in [5, 5.41) is 2.14. The van der Waals surface area contributed by atoms with Crippen molar-refractivity contribution < 1.29 is 4.74 Å². The molecule has 0 saturated carbocycles. The number of hydrogen-bond acceptors (Lipinski definition) is 4. The Balaban J connectivity index is 1.64. The van der Waals surface area contributed by atoms with Gasteiger partial charge >= 0.3 is 0 Å². The van der Waals surface area contributed by atoms with Crippen molar-refractivity contribution in [2.75, 3.05) is 45.9 Å². The van der Waals surface area contributed by atoms with Crippen LogP contribution >= 0.6 is 11.3 Å². The molecule has 2 aliphatic rings. The minimum Gasteiger partial charge on any atom is -0.379 e. The Labute approximate surface area is 143 Å². The van der Waals surface area contributed by atoms with Crippen LogP contribution in [0.25, 0.3) is 0 Å². The molecular weight excluding hydrogens is 308 g/mol. The first-order valence-electron chi connectivity index (χ1n) is 8.64. The third-order valence-corrected chi connectivity index (χ3v) is 5.87. The Kier molecular flexibility index (Phi) is 5.91. The van der Waals surface area contributed by atoms with Gasteiger partial charge in [0.05, 0.1) is 25.8 Å². The number of nitrogens with zero attached hydrogens (tertiary/aromatic N) is 3. The molecule has 2 fully saturated rings. The standard InChI is InChI=1S/C17H28N4OS/c1-14-4-6-21(7-5-14)17(18)19-13-15(16-3-2-12-23-16)20-8-10-22-11-9-20/h2-3,12,14-15H,4-11,13H2,1H3,(H2,18,19). The Morgan fingerprint density at radius 2 is 2.09 bits per heavy atom. The second-order valence-electron chi connectivity index (χ2n) is 6.55. The molecule has 0 spiro atoms. The van der Waals surface area contributed by atoms with E-state index in [2.05, 4.69) is 34.2 Å². The first-order valence-corrected chi connectivity index (χ1v) is 9.52. The molecule has 2 aliphatic heterocycles. The maximum absolute atomic E-state index is 6.26. The number of guanidine groups is 1. The maximum Gasteiger partial charge on any atom is 0.191 e. The van der Waals surface area contributed by atoms with Gasteiger partial charge in [-0.05, 0) is 30.2 Å². The number of rotatable bonds is 4. The number of morpholine rings is 1. The summed E-state index contributed by atoms with van der Waals surface area (Å²) in [7, 11) is 0. The van der Waals surface area contributed by atoms with Crippen LogP contribution in [0.15, 0.2) is 22.5 Å². The summed E-state index contributed by atoms with van der Waals surface area (Å²) >= 11 is 1.81. The predicted octanol–water partition coefficient (Wildman–Crippen LogP) is 2.17. The molecule has 23 heavy (non-hydrogen) atoms. The Hall–Kier alpha value is -1.11. The summed E-state index contributed by atoms with van der Waals surface area (Å²) in [6, 6.07) is 4.65. The first kappa shape index (κ1) is 16.7. The quantitative estimate of drug-likeness (QED) is 0.676. The van der Waals surface area contributed by atoms with Gasteiger partial charge in [0, 0.05) is 31.1 Å². The van der Waals surface area contributed by atoms with Crippen molar-refractivity contribution in [1.29, 1.82) is 0 Å². The molecule has 0 aromatic carbocycles. The second-order valence-corrected chi connectivity index (χ2v) is 7.53. The SMILES string of the molecule is CC1CCN(C(N)=NCC(c2cccs2)N2CCOCC2)CC1. The lowest BCUT2D eigenvalue weighted by Crippen LogP contribution is -2.43. The first-order chi connectivity index (χ1) is 11.2. The van der Waals surface area contributed by atoms with Crippen LogP contribution in [0.3, 0.4) is 0 Å². The minimum atomic E-state index is 0.321. The summed E-state index contributed by atoms with van der Waals surface area (Å²) in [4.78, 5) is 10.8. The monoisotopic (exact) mass is 336 g/mol. The molecule has 1 unspecified atom stereocenters. The van der Waals surface area contributed by atoms with Crippen LogP contribution in [0.2, 0.25) is 0 Å². The number of aliphatic imine (C=N–C) groups is 1. The zero-order valence-corrected chi connectivity index (χ0v) is 14.8. The number of ether oxygens (including phenoxy) is 1. The van der Waals surface area contributed by atoms with E-state index < -0.39 is 0 Å². The van der Waals surface area contributed by atoms with Gasteiger partial charge in [0.2, 0.25) is 0 Å². The van der Waals surface area contributed by atoms with Gasteiger partial charge in [-0.1, -0.05) is 13.0 Å². The number of thiophene rings is 1. The molecule has 2 N–H and O–H groups in total. The zero-order valence-electron chi connectivity index (χ0n) is 14.0. The van der Waals surface area contributed by atoms with Crippen LogP contribution in [0, 0.1) is 5.92 Å². The van der Waals surface area contributed by atoms with Crippen LogP contribution in [0.5, 0.6) is 0 Å². The fraction of sp³-hybridized carbons (Fsp3) is 0.706. The van der Waals surface area contributed by atoms with Gasteiger partial charge in [-0.3, -0.25) is 9.89 Å². The Morgan fingerprint density at radius 1 is 1.35 bits per heavy atom. The molecule has 0 amide bonds. The van der Waals surface area contributed by atoms with Crippen molar-refractivity contribution in [1.82, 2.24) is 9.80 Å². The molecule has 3 heterocycles. The highest BCUT2D eigenvalue weighted by molar-refractivity contribution is 7.10. The lowest BCUT2D eigenvalue weighted by atomic mass is 10.00. The van der Waals surface area contributed by atoms with E-state index in [0.717, 1.165) is 51.9 Å². The van der Waals surface area contributed by atoms with Crippen molar-refractivity contribution in [3.8, 4) is 0 Å². The molecule has 1 aromatic heterocycles. The number of hydrogen-bond donors (Lipinski definition) is 1. The summed E-state index contributed by atoms with van der Waals surface area (Å²) in [5.74, 6) is 1.53. The van der Waals surface area contributed by atoms with E-state index in [0.29, 0.717) is 12.0 Å². The van der Waals surface area contributed by atoms with E-state index in [-0.39, 0.29) is 0 Å². The van der Waals surface area contributed by atoms with Gasteiger partial charge in [0.25, 0.3) is 0 Å². The molecule has 1 atom stereocenters. The van der Waals surface area contributed by atoms with Gasteiger partial charge in [-0.2, -0.15) is 0 Å². The van der Waals surface area contributed by atoms with Crippen molar-refractivity contribution in [2.45, 2.75) is 25.8 Å². The van der Waals surface area contributed by atoms with E-state index >= 15 is 0 Å². The Morgan fingerprint density at radius 3 is 2.74 bits per heavy atom. The van der Waals surface area contributed by atoms with Crippen molar-refractivity contribution in [3.05, 3.63) is 22.4 Å². The van der Waals surface area contributed by atoms with Gasteiger partial charge < -0.3 is 15.4 Å². The molecule has 128 valence electrons. The fourth-order valence-corrected chi connectivity index (χ4v) is 4.13. The van der Waals surface area contributed by atoms with Crippen LogP contribution in [0.4, 0.5) is 0 Å². The largest absolute Gasteiger partial charge is 0.379 e. The smallest absolute Gasteiger partial charge is 0.191 e. The van der Waals surface area contributed by atoms with Crippen LogP contribution in [0.1, 0.15) is 30.7 Å². The molecule has 5 nitrogen and oxygen atoms in total. The molecule has 2 saturated heterocycles. The lowest BCUT2D eigenvalue weighted by molar-refractivity contribution is 0.0186. The average Bonchev–Trinajstić information content (AvgIpc) is 3.11. The molecule has 6 heteroatoms. The molecule has 0 radical (unpaired) electrons. The van der Waals surface area contributed by atoms with Gasteiger partial charge in [0.1, 0.15) is 0 Å². The highest BCUT2D eigenvalue weighted by Crippen LogP contribution is 2.26. The van der Waals surface area contributed by atoms with E-state index in [1.165, 1.54) is 17.7 Å². The molecule has 0 aliphatic carbocycles. The zero-order chi connectivity index (χ0) is 16.1. The van der Waals surface area contributed by atoms with E-state index in [4.69, 9.17) is 15.5 Å². The third kappa shape index (κ3) is 4.46. The van der Waals surface area contributed by atoms with Crippen molar-refractivity contribution in [3.63, 3.8) is 0 Å². The molecule has 0 bridgehead atoms. The van der Waals surface area contributed by atoms with Gasteiger partial charge in [-0.25, -0.2) is 0 Å². The predicted molar refractivity (Wildman–Crippen MR) is 95.9 cm³/mol. The van der Waals surface area contributed by atoms with Gasteiger partial charge in [-0.15, -0.1) is 11.3 Å². The van der Waals surface area contributed by atoms with Crippen LogP contribution in [-0.2, 0) is 4.74 Å². The normalized spacial score (nSPS) is 23.2. The summed E-state index contributed by atoms with van der Waals surface area (Å²) in [6.45, 7) is 8.69. The topological polar surface area (TPSA) is 54.1 Å². The molecular formula is C17H28N4OS. The Bertz CT molecular complexity index is 491. The number of nitrogens with two attached hydrogens (primary N) is 1. The fourth-order valence-electron chi connectivity index (χ4n) is 3.27. The summed E-state index contributed by atoms with van der Waals surface area (Å²) in [5.41, 5.74) is 6.26. The summed E-state index contributed by atoms with van der Waals surface area (Å²) < 4.78 is 5.49. The number of likely N-dealkylation sites (tertiary alicyclic amines) is 1. The number of piperidine rings is 1. The van der Waals surface area contributed by atoms with E-state index in [1.807, 2.05) is 0 Å². The maximum atomic E-state index is 6.26. The van der Waals surface area contributed by atoms with E-state index in [9.17, 15) is 0 Å². The highest BCUT2D eigenvalue weighted by atomic mass is 32.1. The van der Waals surface area contributed by atoms with Crippen molar-refractivity contribution in [2.24, 2.45) is 16.6 Å². The average molecular weight is 337 g/mol. The second kappa shape index (κ2) is 8.13.